The first-order valence-corrected chi connectivity index (χ1v) is 8.41. The van der Waals surface area contributed by atoms with Crippen LogP contribution in [0.2, 0.25) is 0 Å². The molecule has 0 atom stereocenters. The fourth-order valence-corrected chi connectivity index (χ4v) is 2.92. The molecular formula is C18H19N7O. The summed E-state index contributed by atoms with van der Waals surface area (Å²) in [6, 6.07) is 5.05. The van der Waals surface area contributed by atoms with Crippen LogP contribution in [0.4, 0.5) is 0 Å². The number of rotatable bonds is 4. The fourth-order valence-electron chi connectivity index (χ4n) is 2.92. The third kappa shape index (κ3) is 2.79. The van der Waals surface area contributed by atoms with Crippen LogP contribution in [-0.4, -0.2) is 33.7 Å². The highest BCUT2D eigenvalue weighted by Gasteiger charge is 2.12. The van der Waals surface area contributed by atoms with E-state index >= 15 is 0 Å². The molecular weight excluding hydrogens is 330 g/mol. The predicted octanol–water partition coefficient (Wildman–Crippen LogP) is 1.41. The van der Waals surface area contributed by atoms with Crippen molar-refractivity contribution in [2.75, 3.05) is 0 Å². The van der Waals surface area contributed by atoms with Crippen molar-refractivity contribution in [3.05, 3.63) is 70.2 Å². The van der Waals surface area contributed by atoms with E-state index in [1.54, 1.807) is 18.5 Å². The Kier molecular flexibility index (Phi) is 3.87. The normalized spacial score (nSPS) is 11.3. The van der Waals surface area contributed by atoms with Gasteiger partial charge in [-0.1, -0.05) is 6.07 Å². The number of imidazole rings is 1. The standard InChI is InChI=1S/C18H19N7O/c1-12-10-19-13(2)18-20-14(22-25(12)18)7-8-15-21-16(11-23(15)3)24-9-5-4-6-17(24)26/h4-6,9-11H,7-8H2,1-3H3. The lowest BCUT2D eigenvalue weighted by Gasteiger charge is -1.99. The molecule has 4 rings (SSSR count). The van der Waals surface area contributed by atoms with E-state index in [9.17, 15) is 4.79 Å². The average Bonchev–Trinajstić information content (AvgIpc) is 3.21. The molecule has 132 valence electrons. The maximum Gasteiger partial charge on any atom is 0.256 e. The quantitative estimate of drug-likeness (QED) is 0.556. The second-order valence-corrected chi connectivity index (χ2v) is 6.28. The summed E-state index contributed by atoms with van der Waals surface area (Å²) in [5.74, 6) is 2.25. The summed E-state index contributed by atoms with van der Waals surface area (Å²) in [5, 5.41) is 4.57. The molecule has 0 amide bonds. The molecule has 0 bridgehead atoms. The Labute approximate surface area is 149 Å². The Morgan fingerprint density at radius 2 is 1.96 bits per heavy atom. The van der Waals surface area contributed by atoms with Gasteiger partial charge in [-0.25, -0.2) is 14.5 Å². The van der Waals surface area contributed by atoms with Gasteiger partial charge in [-0.2, -0.15) is 5.10 Å². The van der Waals surface area contributed by atoms with Crippen LogP contribution in [0.1, 0.15) is 23.0 Å². The van der Waals surface area contributed by atoms with Crippen LogP contribution < -0.4 is 5.56 Å². The van der Waals surface area contributed by atoms with Gasteiger partial charge in [0.15, 0.2) is 17.3 Å². The highest BCUT2D eigenvalue weighted by atomic mass is 16.1. The van der Waals surface area contributed by atoms with Gasteiger partial charge in [0.25, 0.3) is 5.56 Å². The van der Waals surface area contributed by atoms with Crippen molar-refractivity contribution in [3.8, 4) is 5.82 Å². The van der Waals surface area contributed by atoms with Gasteiger partial charge in [-0.3, -0.25) is 14.3 Å². The Balaban J connectivity index is 1.59. The van der Waals surface area contributed by atoms with Gasteiger partial charge in [0, 0.05) is 44.5 Å². The lowest BCUT2D eigenvalue weighted by molar-refractivity contribution is 0.741. The number of hydrogen-bond acceptors (Lipinski definition) is 5. The zero-order valence-electron chi connectivity index (χ0n) is 14.9. The number of fused-ring (bicyclic) bond motifs is 1. The molecule has 0 aliphatic heterocycles. The lowest BCUT2D eigenvalue weighted by Crippen LogP contribution is -2.15. The molecule has 0 saturated heterocycles. The van der Waals surface area contributed by atoms with E-state index in [2.05, 4.69) is 20.1 Å². The monoisotopic (exact) mass is 349 g/mol. The van der Waals surface area contributed by atoms with Gasteiger partial charge in [-0.15, -0.1) is 0 Å². The van der Waals surface area contributed by atoms with Crippen LogP contribution in [0.3, 0.4) is 0 Å². The van der Waals surface area contributed by atoms with Crippen molar-refractivity contribution in [3.63, 3.8) is 0 Å². The number of aryl methyl sites for hydroxylation is 5. The molecule has 0 radical (unpaired) electrons. The summed E-state index contributed by atoms with van der Waals surface area (Å²) >= 11 is 0. The number of nitrogens with zero attached hydrogens (tertiary/aromatic N) is 7. The molecule has 8 nitrogen and oxygen atoms in total. The van der Waals surface area contributed by atoms with Crippen molar-refractivity contribution in [1.29, 1.82) is 0 Å². The number of pyridine rings is 1. The third-order valence-electron chi connectivity index (χ3n) is 4.36. The summed E-state index contributed by atoms with van der Waals surface area (Å²) < 4.78 is 5.29. The Hall–Kier alpha value is -3.29. The summed E-state index contributed by atoms with van der Waals surface area (Å²) in [5.41, 5.74) is 2.50. The molecule has 4 aromatic heterocycles. The first-order chi connectivity index (χ1) is 12.5. The van der Waals surface area contributed by atoms with Gasteiger partial charge in [-0.05, 0) is 19.9 Å². The van der Waals surface area contributed by atoms with Crippen LogP contribution >= 0.6 is 0 Å². The van der Waals surface area contributed by atoms with Gasteiger partial charge >= 0.3 is 0 Å². The molecule has 0 aromatic carbocycles. The van der Waals surface area contributed by atoms with Gasteiger partial charge in [0.1, 0.15) is 5.82 Å². The number of aromatic nitrogens is 7. The second-order valence-electron chi connectivity index (χ2n) is 6.28. The second kappa shape index (κ2) is 6.21. The first kappa shape index (κ1) is 16.2. The highest BCUT2D eigenvalue weighted by molar-refractivity contribution is 5.43. The molecule has 0 saturated carbocycles. The molecule has 4 aromatic rings. The average molecular weight is 349 g/mol. The molecule has 4 heterocycles. The third-order valence-corrected chi connectivity index (χ3v) is 4.36. The molecule has 0 N–H and O–H groups in total. The molecule has 0 aliphatic rings. The molecule has 0 aliphatic carbocycles. The zero-order valence-corrected chi connectivity index (χ0v) is 14.9. The summed E-state index contributed by atoms with van der Waals surface area (Å²) in [4.78, 5) is 25.5. The Morgan fingerprint density at radius 1 is 1.12 bits per heavy atom. The largest absolute Gasteiger partial charge is 0.336 e. The molecule has 0 unspecified atom stereocenters. The van der Waals surface area contributed by atoms with E-state index < -0.39 is 0 Å². The van der Waals surface area contributed by atoms with Gasteiger partial charge in [0.05, 0.1) is 11.4 Å². The summed E-state index contributed by atoms with van der Waals surface area (Å²) in [7, 11) is 1.93. The van der Waals surface area contributed by atoms with Crippen LogP contribution in [-0.2, 0) is 19.9 Å². The highest BCUT2D eigenvalue weighted by Crippen LogP contribution is 2.11. The Morgan fingerprint density at radius 3 is 2.73 bits per heavy atom. The minimum Gasteiger partial charge on any atom is -0.336 e. The molecule has 0 spiro atoms. The van der Waals surface area contributed by atoms with E-state index in [0.717, 1.165) is 28.7 Å². The van der Waals surface area contributed by atoms with E-state index in [1.165, 1.54) is 10.6 Å². The van der Waals surface area contributed by atoms with E-state index in [-0.39, 0.29) is 5.56 Å². The lowest BCUT2D eigenvalue weighted by atomic mass is 10.3. The SMILES string of the molecule is Cc1ncc(C)n2nc(CCc3nc(-n4ccccc4=O)cn3C)nc12. The Bertz CT molecular complexity index is 1110. The van der Waals surface area contributed by atoms with E-state index in [4.69, 9.17) is 0 Å². The van der Waals surface area contributed by atoms with Crippen molar-refractivity contribution in [1.82, 2.24) is 33.7 Å². The van der Waals surface area contributed by atoms with Gasteiger partial charge in [0.2, 0.25) is 0 Å². The minimum atomic E-state index is -0.0994. The molecule has 26 heavy (non-hydrogen) atoms. The minimum absolute atomic E-state index is 0.0994. The predicted molar refractivity (Wildman–Crippen MR) is 96.5 cm³/mol. The van der Waals surface area contributed by atoms with Gasteiger partial charge < -0.3 is 4.57 Å². The van der Waals surface area contributed by atoms with Crippen molar-refractivity contribution >= 4 is 5.65 Å². The fraction of sp³-hybridized carbons (Fsp3) is 0.278. The smallest absolute Gasteiger partial charge is 0.256 e. The number of hydrogen-bond donors (Lipinski definition) is 0. The van der Waals surface area contributed by atoms with Crippen LogP contribution in [0.15, 0.2) is 41.6 Å². The maximum absolute atomic E-state index is 12.0. The zero-order chi connectivity index (χ0) is 18.3. The molecule has 8 heteroatoms. The topological polar surface area (TPSA) is 82.9 Å². The van der Waals surface area contributed by atoms with Crippen LogP contribution in [0.5, 0.6) is 0 Å². The summed E-state index contributed by atoms with van der Waals surface area (Å²) in [6.45, 7) is 3.89. The molecule has 0 fully saturated rings. The van der Waals surface area contributed by atoms with E-state index in [0.29, 0.717) is 18.7 Å². The van der Waals surface area contributed by atoms with Crippen molar-refractivity contribution in [2.45, 2.75) is 26.7 Å². The van der Waals surface area contributed by atoms with Crippen molar-refractivity contribution < 1.29 is 0 Å². The van der Waals surface area contributed by atoms with E-state index in [1.807, 2.05) is 42.2 Å². The first-order valence-electron chi connectivity index (χ1n) is 8.41. The summed E-state index contributed by atoms with van der Waals surface area (Å²) in [6.07, 6.45) is 6.71. The van der Waals surface area contributed by atoms with Crippen LogP contribution in [0, 0.1) is 13.8 Å². The maximum atomic E-state index is 12.0. The van der Waals surface area contributed by atoms with Crippen LogP contribution in [0.25, 0.3) is 11.5 Å². The van der Waals surface area contributed by atoms with Crippen molar-refractivity contribution in [2.24, 2.45) is 7.05 Å².